The summed E-state index contributed by atoms with van der Waals surface area (Å²) in [5.41, 5.74) is 5.72. The molecule has 0 aromatic carbocycles. The fourth-order valence-electron chi connectivity index (χ4n) is 0.964. The Labute approximate surface area is 88.2 Å². The van der Waals surface area contributed by atoms with Crippen LogP contribution in [0.5, 0.6) is 5.88 Å². The number of carbonyl (C=O) groups excluding carboxylic acids is 1. The van der Waals surface area contributed by atoms with Crippen LogP contribution >= 0.6 is 0 Å². The van der Waals surface area contributed by atoms with Gasteiger partial charge in [0.1, 0.15) is 0 Å². The van der Waals surface area contributed by atoms with Gasteiger partial charge in [-0.25, -0.2) is 9.78 Å². The third-order valence-electron chi connectivity index (χ3n) is 1.76. The number of hydrogen-bond donors (Lipinski definition) is 1. The first kappa shape index (κ1) is 11.5. The third kappa shape index (κ3) is 3.55. The highest BCUT2D eigenvalue weighted by Crippen LogP contribution is 2.08. The lowest BCUT2D eigenvalue weighted by molar-refractivity contribution is 0.0600. The monoisotopic (exact) mass is 210 g/mol. The second-order valence-electron chi connectivity index (χ2n) is 2.87. The van der Waals surface area contributed by atoms with E-state index in [-0.39, 0.29) is 0 Å². The Hall–Kier alpha value is -1.62. The molecule has 0 fully saturated rings. The smallest absolute Gasteiger partial charge is 0.339 e. The average Bonchev–Trinajstić information content (AvgIpc) is 2.29. The van der Waals surface area contributed by atoms with E-state index in [0.717, 1.165) is 6.42 Å². The van der Waals surface area contributed by atoms with E-state index in [1.54, 1.807) is 12.1 Å². The zero-order chi connectivity index (χ0) is 11.1. The summed E-state index contributed by atoms with van der Waals surface area (Å²) in [7, 11) is 1.33. The molecule has 0 atom stereocenters. The van der Waals surface area contributed by atoms with Crippen molar-refractivity contribution in [3.63, 3.8) is 0 Å². The number of aromatic nitrogens is 1. The molecular formula is C10H14N2O3. The maximum atomic E-state index is 11.1. The number of esters is 1. The van der Waals surface area contributed by atoms with Crippen LogP contribution in [0.25, 0.3) is 0 Å². The van der Waals surface area contributed by atoms with Crippen molar-refractivity contribution in [2.45, 2.75) is 6.42 Å². The van der Waals surface area contributed by atoms with Crippen molar-refractivity contribution in [3.05, 3.63) is 23.9 Å². The highest BCUT2D eigenvalue weighted by molar-refractivity contribution is 5.88. The topological polar surface area (TPSA) is 74.4 Å². The van der Waals surface area contributed by atoms with E-state index in [2.05, 4.69) is 9.72 Å². The van der Waals surface area contributed by atoms with Crippen molar-refractivity contribution in [3.8, 4) is 5.88 Å². The van der Waals surface area contributed by atoms with Gasteiger partial charge in [0.15, 0.2) is 0 Å². The molecule has 1 rings (SSSR count). The SMILES string of the molecule is COC(=O)c1ccc(OCCCN)nc1. The Morgan fingerprint density at radius 2 is 2.33 bits per heavy atom. The maximum absolute atomic E-state index is 11.1. The number of methoxy groups -OCH3 is 1. The summed E-state index contributed by atoms with van der Waals surface area (Å²) in [5, 5.41) is 0. The summed E-state index contributed by atoms with van der Waals surface area (Å²) >= 11 is 0. The number of carbonyl (C=O) groups is 1. The standard InChI is InChI=1S/C10H14N2O3/c1-14-10(13)8-3-4-9(12-7-8)15-6-2-5-11/h3-4,7H,2,5-6,11H2,1H3. The summed E-state index contributed by atoms with van der Waals surface area (Å²) < 4.78 is 9.81. The molecule has 15 heavy (non-hydrogen) atoms. The summed E-state index contributed by atoms with van der Waals surface area (Å²) in [6.45, 7) is 1.11. The van der Waals surface area contributed by atoms with Crippen LogP contribution in [-0.4, -0.2) is 31.2 Å². The molecule has 5 nitrogen and oxygen atoms in total. The number of nitrogens with zero attached hydrogens (tertiary/aromatic N) is 1. The fraction of sp³-hybridized carbons (Fsp3) is 0.400. The predicted octanol–water partition coefficient (Wildman–Crippen LogP) is 0.596. The van der Waals surface area contributed by atoms with E-state index in [0.29, 0.717) is 24.6 Å². The number of nitrogens with two attached hydrogens (primary N) is 1. The quantitative estimate of drug-likeness (QED) is 0.569. The van der Waals surface area contributed by atoms with Crippen LogP contribution in [0.3, 0.4) is 0 Å². The van der Waals surface area contributed by atoms with Crippen LogP contribution in [0.1, 0.15) is 16.8 Å². The molecule has 2 N–H and O–H groups in total. The fourth-order valence-corrected chi connectivity index (χ4v) is 0.964. The first-order valence-electron chi connectivity index (χ1n) is 4.65. The van der Waals surface area contributed by atoms with E-state index in [1.165, 1.54) is 13.3 Å². The number of hydrogen-bond acceptors (Lipinski definition) is 5. The molecule has 0 bridgehead atoms. The molecule has 5 heteroatoms. The van der Waals surface area contributed by atoms with E-state index in [1.807, 2.05) is 0 Å². The van der Waals surface area contributed by atoms with E-state index in [4.69, 9.17) is 10.5 Å². The van der Waals surface area contributed by atoms with Gasteiger partial charge < -0.3 is 15.2 Å². The van der Waals surface area contributed by atoms with Gasteiger partial charge in [0.25, 0.3) is 0 Å². The van der Waals surface area contributed by atoms with Gasteiger partial charge in [-0.2, -0.15) is 0 Å². The van der Waals surface area contributed by atoms with Crippen LogP contribution in [-0.2, 0) is 4.74 Å². The second-order valence-corrected chi connectivity index (χ2v) is 2.87. The lowest BCUT2D eigenvalue weighted by Gasteiger charge is -2.04. The molecule has 0 amide bonds. The zero-order valence-corrected chi connectivity index (χ0v) is 8.60. The van der Waals surface area contributed by atoms with Crippen molar-refractivity contribution in [2.75, 3.05) is 20.3 Å². The summed E-state index contributed by atoms with van der Waals surface area (Å²) in [5.74, 6) is 0.0760. The molecule has 0 spiro atoms. The Balaban J connectivity index is 2.52. The van der Waals surface area contributed by atoms with E-state index in [9.17, 15) is 4.79 Å². The van der Waals surface area contributed by atoms with Crippen LogP contribution in [0.2, 0.25) is 0 Å². The Morgan fingerprint density at radius 1 is 1.53 bits per heavy atom. The zero-order valence-electron chi connectivity index (χ0n) is 8.60. The molecule has 0 aliphatic carbocycles. The minimum atomic E-state index is -0.406. The first-order valence-corrected chi connectivity index (χ1v) is 4.65. The molecule has 0 aliphatic rings. The summed E-state index contributed by atoms with van der Waals surface area (Å²) in [6.07, 6.45) is 2.20. The van der Waals surface area contributed by atoms with Gasteiger partial charge in [-0.3, -0.25) is 0 Å². The highest BCUT2D eigenvalue weighted by Gasteiger charge is 2.05. The number of ether oxygens (including phenoxy) is 2. The molecule has 0 saturated heterocycles. The van der Waals surface area contributed by atoms with Crippen molar-refractivity contribution < 1.29 is 14.3 Å². The second kappa shape index (κ2) is 5.98. The molecule has 1 aromatic rings. The minimum absolute atomic E-state index is 0.406. The molecule has 0 saturated carbocycles. The molecule has 82 valence electrons. The van der Waals surface area contributed by atoms with Crippen molar-refractivity contribution in [1.29, 1.82) is 0 Å². The lowest BCUT2D eigenvalue weighted by Crippen LogP contribution is -2.07. The molecule has 0 aliphatic heterocycles. The Kier molecular flexibility index (Phi) is 4.56. The van der Waals surface area contributed by atoms with Gasteiger partial charge in [-0.05, 0) is 19.0 Å². The molecule has 1 aromatic heterocycles. The third-order valence-corrected chi connectivity index (χ3v) is 1.76. The predicted molar refractivity (Wildman–Crippen MR) is 54.7 cm³/mol. The molecular weight excluding hydrogens is 196 g/mol. The van der Waals surface area contributed by atoms with Crippen molar-refractivity contribution in [1.82, 2.24) is 4.98 Å². The van der Waals surface area contributed by atoms with Crippen LogP contribution in [0, 0.1) is 0 Å². The average molecular weight is 210 g/mol. The normalized spacial score (nSPS) is 9.73. The van der Waals surface area contributed by atoms with Gasteiger partial charge >= 0.3 is 5.97 Å². The van der Waals surface area contributed by atoms with Gasteiger partial charge in [-0.15, -0.1) is 0 Å². The van der Waals surface area contributed by atoms with Crippen molar-refractivity contribution in [2.24, 2.45) is 5.73 Å². The summed E-state index contributed by atoms with van der Waals surface area (Å²) in [6, 6.07) is 3.24. The number of rotatable bonds is 5. The van der Waals surface area contributed by atoms with Gasteiger partial charge in [0, 0.05) is 12.3 Å². The van der Waals surface area contributed by atoms with E-state index >= 15 is 0 Å². The largest absolute Gasteiger partial charge is 0.478 e. The summed E-state index contributed by atoms with van der Waals surface area (Å²) in [4.78, 5) is 15.0. The Morgan fingerprint density at radius 3 is 2.87 bits per heavy atom. The minimum Gasteiger partial charge on any atom is -0.478 e. The first-order chi connectivity index (χ1) is 7.27. The lowest BCUT2D eigenvalue weighted by atomic mass is 10.3. The molecule has 0 unspecified atom stereocenters. The van der Waals surface area contributed by atoms with Gasteiger partial charge in [0.2, 0.25) is 5.88 Å². The van der Waals surface area contributed by atoms with Crippen molar-refractivity contribution >= 4 is 5.97 Å². The van der Waals surface area contributed by atoms with Gasteiger partial charge in [-0.1, -0.05) is 0 Å². The van der Waals surface area contributed by atoms with Crippen LogP contribution in [0.4, 0.5) is 0 Å². The van der Waals surface area contributed by atoms with Crippen LogP contribution in [0.15, 0.2) is 18.3 Å². The Bertz CT molecular complexity index is 311. The van der Waals surface area contributed by atoms with Gasteiger partial charge in [0.05, 0.1) is 19.3 Å². The van der Waals surface area contributed by atoms with E-state index < -0.39 is 5.97 Å². The van der Waals surface area contributed by atoms with Crippen LogP contribution < -0.4 is 10.5 Å². The number of pyridine rings is 1. The maximum Gasteiger partial charge on any atom is 0.339 e. The molecule has 1 heterocycles. The highest BCUT2D eigenvalue weighted by atomic mass is 16.5. The molecule has 0 radical (unpaired) electrons.